The van der Waals surface area contributed by atoms with Crippen LogP contribution in [0.2, 0.25) is 0 Å². The summed E-state index contributed by atoms with van der Waals surface area (Å²) >= 11 is 0. The van der Waals surface area contributed by atoms with Crippen LogP contribution < -0.4 is 0 Å². The standard InChI is InChI=1S/C11H22N2O/c1-3-13-8-5-11(6-9-13)12(2)7-4-10-14/h10-11H,3-9H2,1-2H3. The van der Waals surface area contributed by atoms with Crippen LogP contribution in [0.5, 0.6) is 0 Å². The van der Waals surface area contributed by atoms with Gasteiger partial charge in [0.25, 0.3) is 0 Å². The van der Waals surface area contributed by atoms with Crippen LogP contribution in [0.15, 0.2) is 0 Å². The molecule has 0 radical (unpaired) electrons. The minimum Gasteiger partial charge on any atom is -0.303 e. The highest BCUT2D eigenvalue weighted by Crippen LogP contribution is 2.14. The average Bonchev–Trinajstić information content (AvgIpc) is 2.26. The highest BCUT2D eigenvalue weighted by molar-refractivity contribution is 5.49. The van der Waals surface area contributed by atoms with E-state index >= 15 is 0 Å². The SMILES string of the molecule is CCN1CCC(N(C)CCC=O)CC1. The topological polar surface area (TPSA) is 23.6 Å². The van der Waals surface area contributed by atoms with Crippen LogP contribution in [-0.4, -0.2) is 55.4 Å². The third-order valence-corrected chi connectivity index (χ3v) is 3.23. The Morgan fingerprint density at radius 3 is 2.57 bits per heavy atom. The summed E-state index contributed by atoms with van der Waals surface area (Å²) in [6.07, 6.45) is 4.19. The fourth-order valence-electron chi connectivity index (χ4n) is 2.12. The summed E-state index contributed by atoms with van der Waals surface area (Å²) < 4.78 is 0. The molecular weight excluding hydrogens is 176 g/mol. The molecule has 0 saturated carbocycles. The molecule has 1 aliphatic heterocycles. The van der Waals surface area contributed by atoms with Crippen molar-refractivity contribution >= 4 is 6.29 Å². The van der Waals surface area contributed by atoms with Gasteiger partial charge in [-0.05, 0) is 39.5 Å². The van der Waals surface area contributed by atoms with Crippen LogP contribution in [0, 0.1) is 0 Å². The van der Waals surface area contributed by atoms with E-state index in [-0.39, 0.29) is 0 Å². The third kappa shape index (κ3) is 3.39. The molecule has 1 saturated heterocycles. The number of hydrogen-bond donors (Lipinski definition) is 0. The van der Waals surface area contributed by atoms with Crippen molar-refractivity contribution < 1.29 is 4.79 Å². The first kappa shape index (κ1) is 11.7. The van der Waals surface area contributed by atoms with Gasteiger partial charge in [0.15, 0.2) is 0 Å². The zero-order chi connectivity index (χ0) is 10.4. The second-order valence-electron chi connectivity index (χ2n) is 4.10. The Balaban J connectivity index is 2.22. The van der Waals surface area contributed by atoms with Gasteiger partial charge in [0.1, 0.15) is 6.29 Å². The summed E-state index contributed by atoms with van der Waals surface area (Å²) in [5.41, 5.74) is 0. The number of carbonyl (C=O) groups is 1. The maximum atomic E-state index is 10.3. The van der Waals surface area contributed by atoms with Gasteiger partial charge in [0.05, 0.1) is 0 Å². The van der Waals surface area contributed by atoms with E-state index in [9.17, 15) is 4.79 Å². The van der Waals surface area contributed by atoms with Crippen molar-refractivity contribution in [1.29, 1.82) is 0 Å². The number of piperidine rings is 1. The largest absolute Gasteiger partial charge is 0.303 e. The summed E-state index contributed by atoms with van der Waals surface area (Å²) in [6.45, 7) is 6.74. The Morgan fingerprint density at radius 1 is 1.43 bits per heavy atom. The van der Waals surface area contributed by atoms with Gasteiger partial charge in [-0.2, -0.15) is 0 Å². The molecule has 82 valence electrons. The van der Waals surface area contributed by atoms with E-state index < -0.39 is 0 Å². The van der Waals surface area contributed by atoms with Crippen molar-refractivity contribution in [2.24, 2.45) is 0 Å². The second-order valence-corrected chi connectivity index (χ2v) is 4.10. The number of aldehydes is 1. The van der Waals surface area contributed by atoms with Gasteiger partial charge < -0.3 is 14.6 Å². The van der Waals surface area contributed by atoms with E-state index in [1.807, 2.05) is 0 Å². The Hall–Kier alpha value is -0.410. The van der Waals surface area contributed by atoms with E-state index in [0.717, 1.165) is 12.8 Å². The van der Waals surface area contributed by atoms with Crippen molar-refractivity contribution in [1.82, 2.24) is 9.80 Å². The lowest BCUT2D eigenvalue weighted by atomic mass is 10.0. The first-order valence-electron chi connectivity index (χ1n) is 5.64. The number of hydrogen-bond acceptors (Lipinski definition) is 3. The highest BCUT2D eigenvalue weighted by atomic mass is 16.1. The van der Waals surface area contributed by atoms with Crippen LogP contribution in [0.4, 0.5) is 0 Å². The van der Waals surface area contributed by atoms with E-state index in [1.165, 1.54) is 32.5 Å². The van der Waals surface area contributed by atoms with Gasteiger partial charge in [0.2, 0.25) is 0 Å². The van der Waals surface area contributed by atoms with Gasteiger partial charge in [0, 0.05) is 19.0 Å². The van der Waals surface area contributed by atoms with Crippen molar-refractivity contribution in [3.05, 3.63) is 0 Å². The predicted octanol–water partition coefficient (Wildman–Crippen LogP) is 0.991. The molecule has 0 aromatic heterocycles. The first-order valence-corrected chi connectivity index (χ1v) is 5.64. The highest BCUT2D eigenvalue weighted by Gasteiger charge is 2.20. The molecule has 1 rings (SSSR count). The van der Waals surface area contributed by atoms with Crippen LogP contribution in [0.3, 0.4) is 0 Å². The van der Waals surface area contributed by atoms with Crippen molar-refractivity contribution in [2.45, 2.75) is 32.2 Å². The minimum atomic E-state index is 0.671. The lowest BCUT2D eigenvalue weighted by molar-refractivity contribution is -0.108. The normalized spacial score (nSPS) is 20.2. The summed E-state index contributed by atoms with van der Waals surface area (Å²) in [4.78, 5) is 15.1. The van der Waals surface area contributed by atoms with E-state index in [1.54, 1.807) is 0 Å². The van der Waals surface area contributed by atoms with Gasteiger partial charge >= 0.3 is 0 Å². The number of nitrogens with zero attached hydrogens (tertiary/aromatic N) is 2. The van der Waals surface area contributed by atoms with Crippen molar-refractivity contribution in [2.75, 3.05) is 33.2 Å². The molecule has 1 aliphatic rings. The van der Waals surface area contributed by atoms with Crippen LogP contribution >= 0.6 is 0 Å². The van der Waals surface area contributed by atoms with Gasteiger partial charge in [-0.15, -0.1) is 0 Å². The molecule has 3 heteroatoms. The van der Waals surface area contributed by atoms with Crippen LogP contribution in [-0.2, 0) is 4.79 Å². The molecule has 0 N–H and O–H groups in total. The fourth-order valence-corrected chi connectivity index (χ4v) is 2.12. The quantitative estimate of drug-likeness (QED) is 0.616. The monoisotopic (exact) mass is 198 g/mol. The maximum Gasteiger partial charge on any atom is 0.121 e. The third-order valence-electron chi connectivity index (χ3n) is 3.23. The molecule has 14 heavy (non-hydrogen) atoms. The zero-order valence-corrected chi connectivity index (χ0v) is 9.41. The summed E-state index contributed by atoms with van der Waals surface area (Å²) in [5, 5.41) is 0. The second kappa shape index (κ2) is 6.14. The Kier molecular flexibility index (Phi) is 5.12. The zero-order valence-electron chi connectivity index (χ0n) is 9.41. The predicted molar refractivity (Wildman–Crippen MR) is 58.4 cm³/mol. The molecule has 0 amide bonds. The molecule has 0 aliphatic carbocycles. The molecule has 0 atom stereocenters. The van der Waals surface area contributed by atoms with Crippen LogP contribution in [0.1, 0.15) is 26.2 Å². The summed E-state index contributed by atoms with van der Waals surface area (Å²) in [5.74, 6) is 0. The lowest BCUT2D eigenvalue weighted by Crippen LogP contribution is -2.43. The van der Waals surface area contributed by atoms with E-state index in [4.69, 9.17) is 0 Å². The molecule has 0 unspecified atom stereocenters. The van der Waals surface area contributed by atoms with Crippen molar-refractivity contribution in [3.8, 4) is 0 Å². The molecule has 0 aromatic rings. The average molecular weight is 198 g/mol. The summed E-state index contributed by atoms with van der Waals surface area (Å²) in [7, 11) is 2.13. The van der Waals surface area contributed by atoms with Gasteiger partial charge in [-0.3, -0.25) is 0 Å². The van der Waals surface area contributed by atoms with E-state index in [2.05, 4.69) is 23.8 Å². The molecule has 3 nitrogen and oxygen atoms in total. The lowest BCUT2D eigenvalue weighted by Gasteiger charge is -2.36. The van der Waals surface area contributed by atoms with Gasteiger partial charge in [-0.25, -0.2) is 0 Å². The fraction of sp³-hybridized carbons (Fsp3) is 0.909. The van der Waals surface area contributed by atoms with E-state index in [0.29, 0.717) is 12.5 Å². The van der Waals surface area contributed by atoms with Crippen molar-refractivity contribution in [3.63, 3.8) is 0 Å². The number of rotatable bonds is 5. The molecule has 0 aromatic carbocycles. The minimum absolute atomic E-state index is 0.671. The Morgan fingerprint density at radius 2 is 2.07 bits per heavy atom. The smallest absolute Gasteiger partial charge is 0.121 e. The molecule has 0 bridgehead atoms. The first-order chi connectivity index (χ1) is 6.77. The molecular formula is C11H22N2O. The molecule has 1 heterocycles. The Labute approximate surface area is 87.1 Å². The summed E-state index contributed by atoms with van der Waals surface area (Å²) in [6, 6.07) is 0.692. The maximum absolute atomic E-state index is 10.3. The number of likely N-dealkylation sites (tertiary alicyclic amines) is 1. The molecule has 1 fully saturated rings. The Bertz CT molecular complexity index is 165. The number of carbonyl (C=O) groups excluding carboxylic acids is 1. The van der Waals surface area contributed by atoms with Gasteiger partial charge in [-0.1, -0.05) is 6.92 Å². The molecule has 0 spiro atoms. The van der Waals surface area contributed by atoms with Crippen LogP contribution in [0.25, 0.3) is 0 Å².